The van der Waals surface area contributed by atoms with Crippen LogP contribution in [0.3, 0.4) is 0 Å². The summed E-state index contributed by atoms with van der Waals surface area (Å²) in [5, 5.41) is 6.34. The van der Waals surface area contributed by atoms with E-state index in [0.29, 0.717) is 5.82 Å². The molecule has 0 unspecified atom stereocenters. The molecule has 0 aliphatic rings. The standard InChI is InChI=1S/C11H10BrN5O2/c12-10-7(13)5-15-17(11(10)19)6-9(18)16-8-3-1-2-4-14-8/h1-5H,6,13H2,(H,14,16,18). The van der Waals surface area contributed by atoms with Crippen LogP contribution in [0.5, 0.6) is 0 Å². The second kappa shape index (κ2) is 5.61. The molecule has 0 fully saturated rings. The van der Waals surface area contributed by atoms with Crippen molar-refractivity contribution in [3.05, 3.63) is 45.4 Å². The Kier molecular flexibility index (Phi) is 3.91. The predicted molar refractivity (Wildman–Crippen MR) is 73.5 cm³/mol. The molecule has 2 aromatic rings. The highest BCUT2D eigenvalue weighted by Crippen LogP contribution is 2.10. The van der Waals surface area contributed by atoms with Crippen molar-refractivity contribution in [1.82, 2.24) is 14.8 Å². The fourth-order valence-corrected chi connectivity index (χ4v) is 1.65. The summed E-state index contributed by atoms with van der Waals surface area (Å²) in [6.45, 7) is -0.214. The van der Waals surface area contributed by atoms with Crippen molar-refractivity contribution in [2.45, 2.75) is 6.54 Å². The average Bonchev–Trinajstić information content (AvgIpc) is 2.41. The van der Waals surface area contributed by atoms with Gasteiger partial charge in [-0.2, -0.15) is 5.10 Å². The van der Waals surface area contributed by atoms with Crippen molar-refractivity contribution in [3.8, 4) is 0 Å². The lowest BCUT2D eigenvalue weighted by atomic mass is 10.4. The molecule has 98 valence electrons. The van der Waals surface area contributed by atoms with Gasteiger partial charge in [0, 0.05) is 6.20 Å². The zero-order valence-electron chi connectivity index (χ0n) is 9.71. The van der Waals surface area contributed by atoms with Gasteiger partial charge in [0.25, 0.3) is 5.56 Å². The van der Waals surface area contributed by atoms with Gasteiger partial charge in [-0.05, 0) is 28.1 Å². The van der Waals surface area contributed by atoms with E-state index in [0.717, 1.165) is 4.68 Å². The highest BCUT2D eigenvalue weighted by atomic mass is 79.9. The number of nitrogens with one attached hydrogen (secondary N) is 1. The molecule has 3 N–H and O–H groups in total. The molecule has 0 aliphatic carbocycles. The van der Waals surface area contributed by atoms with E-state index in [1.54, 1.807) is 24.4 Å². The Labute approximate surface area is 116 Å². The monoisotopic (exact) mass is 323 g/mol. The topological polar surface area (TPSA) is 103 Å². The Morgan fingerprint density at radius 2 is 2.26 bits per heavy atom. The van der Waals surface area contributed by atoms with Crippen LogP contribution in [0.15, 0.2) is 39.9 Å². The molecule has 19 heavy (non-hydrogen) atoms. The Balaban J connectivity index is 2.12. The van der Waals surface area contributed by atoms with Crippen molar-refractivity contribution < 1.29 is 4.79 Å². The van der Waals surface area contributed by atoms with Crippen LogP contribution in [0.2, 0.25) is 0 Å². The minimum Gasteiger partial charge on any atom is -0.396 e. The van der Waals surface area contributed by atoms with Gasteiger partial charge in [0.1, 0.15) is 16.8 Å². The summed E-state index contributed by atoms with van der Waals surface area (Å²) in [6, 6.07) is 5.12. The number of anilines is 2. The van der Waals surface area contributed by atoms with Crippen molar-refractivity contribution >= 4 is 33.3 Å². The number of aromatic nitrogens is 3. The van der Waals surface area contributed by atoms with E-state index in [9.17, 15) is 9.59 Å². The normalized spacial score (nSPS) is 10.2. The number of nitrogens with zero attached hydrogens (tertiary/aromatic N) is 3. The third kappa shape index (κ3) is 3.16. The highest BCUT2D eigenvalue weighted by molar-refractivity contribution is 9.10. The maximum atomic E-state index is 11.8. The number of nitrogen functional groups attached to an aromatic ring is 1. The minimum absolute atomic E-state index is 0.188. The molecule has 2 heterocycles. The molecular formula is C11H10BrN5O2. The van der Waals surface area contributed by atoms with E-state index >= 15 is 0 Å². The summed E-state index contributed by atoms with van der Waals surface area (Å²) in [5.74, 6) is 0.0139. The number of nitrogens with two attached hydrogens (primary N) is 1. The van der Waals surface area contributed by atoms with Crippen molar-refractivity contribution in [2.24, 2.45) is 0 Å². The molecule has 0 aromatic carbocycles. The largest absolute Gasteiger partial charge is 0.396 e. The first-order valence-corrected chi connectivity index (χ1v) is 6.09. The molecule has 7 nitrogen and oxygen atoms in total. The van der Waals surface area contributed by atoms with E-state index in [-0.39, 0.29) is 16.7 Å². The Morgan fingerprint density at radius 3 is 2.95 bits per heavy atom. The van der Waals surface area contributed by atoms with Gasteiger partial charge in [0.05, 0.1) is 11.9 Å². The van der Waals surface area contributed by atoms with Crippen LogP contribution in [-0.4, -0.2) is 20.7 Å². The molecule has 0 saturated heterocycles. The van der Waals surface area contributed by atoms with Crippen molar-refractivity contribution in [2.75, 3.05) is 11.1 Å². The third-order valence-corrected chi connectivity index (χ3v) is 3.03. The smallest absolute Gasteiger partial charge is 0.283 e. The molecule has 8 heteroatoms. The summed E-state index contributed by atoms with van der Waals surface area (Å²) >= 11 is 3.04. The maximum absolute atomic E-state index is 11.8. The average molecular weight is 324 g/mol. The molecule has 2 aromatic heterocycles. The lowest BCUT2D eigenvalue weighted by molar-refractivity contribution is -0.117. The summed E-state index contributed by atoms with van der Waals surface area (Å²) in [4.78, 5) is 27.4. The van der Waals surface area contributed by atoms with Crippen molar-refractivity contribution in [1.29, 1.82) is 0 Å². The first-order valence-electron chi connectivity index (χ1n) is 5.30. The van der Waals surface area contributed by atoms with Crippen LogP contribution in [0.1, 0.15) is 0 Å². The first kappa shape index (κ1) is 13.2. The number of hydrogen-bond acceptors (Lipinski definition) is 5. The highest BCUT2D eigenvalue weighted by Gasteiger charge is 2.10. The summed E-state index contributed by atoms with van der Waals surface area (Å²) in [7, 11) is 0. The molecule has 0 aliphatic heterocycles. The second-order valence-electron chi connectivity index (χ2n) is 3.64. The van der Waals surface area contributed by atoms with Crippen LogP contribution in [0.4, 0.5) is 11.5 Å². The Bertz CT molecular complexity index is 656. The number of amides is 1. The fourth-order valence-electron chi connectivity index (χ4n) is 1.35. The lowest BCUT2D eigenvalue weighted by Crippen LogP contribution is -2.30. The van der Waals surface area contributed by atoms with Crippen LogP contribution in [0, 0.1) is 0 Å². The number of rotatable bonds is 3. The number of carbonyl (C=O) groups is 1. The third-order valence-electron chi connectivity index (χ3n) is 2.24. The van der Waals surface area contributed by atoms with Gasteiger partial charge in [-0.1, -0.05) is 6.07 Å². The van der Waals surface area contributed by atoms with E-state index < -0.39 is 11.5 Å². The summed E-state index contributed by atoms with van der Waals surface area (Å²) in [5.41, 5.74) is 5.28. The predicted octanol–water partition coefficient (Wildman–Crippen LogP) is 0.622. The van der Waals surface area contributed by atoms with Gasteiger partial charge in [0.15, 0.2) is 0 Å². The zero-order chi connectivity index (χ0) is 13.8. The van der Waals surface area contributed by atoms with Gasteiger partial charge in [-0.3, -0.25) is 9.59 Å². The van der Waals surface area contributed by atoms with E-state index in [1.165, 1.54) is 6.20 Å². The second-order valence-corrected chi connectivity index (χ2v) is 4.43. The van der Waals surface area contributed by atoms with E-state index in [1.807, 2.05) is 0 Å². The molecule has 0 saturated carbocycles. The van der Waals surface area contributed by atoms with E-state index in [4.69, 9.17) is 5.73 Å². The molecule has 0 atom stereocenters. The maximum Gasteiger partial charge on any atom is 0.283 e. The number of hydrogen-bond donors (Lipinski definition) is 2. The van der Waals surface area contributed by atoms with Gasteiger partial charge < -0.3 is 11.1 Å². The summed E-state index contributed by atoms with van der Waals surface area (Å²) < 4.78 is 1.20. The Morgan fingerprint density at radius 1 is 1.47 bits per heavy atom. The molecule has 0 radical (unpaired) electrons. The molecule has 0 spiro atoms. The van der Waals surface area contributed by atoms with Crippen LogP contribution < -0.4 is 16.6 Å². The van der Waals surface area contributed by atoms with Gasteiger partial charge in [-0.15, -0.1) is 0 Å². The van der Waals surface area contributed by atoms with Crippen LogP contribution in [0.25, 0.3) is 0 Å². The van der Waals surface area contributed by atoms with Gasteiger partial charge in [-0.25, -0.2) is 9.67 Å². The van der Waals surface area contributed by atoms with Crippen LogP contribution in [-0.2, 0) is 11.3 Å². The quantitative estimate of drug-likeness (QED) is 0.862. The van der Waals surface area contributed by atoms with E-state index in [2.05, 4.69) is 31.3 Å². The lowest BCUT2D eigenvalue weighted by Gasteiger charge is -2.06. The summed E-state index contributed by atoms with van der Waals surface area (Å²) in [6.07, 6.45) is 2.86. The number of halogens is 1. The SMILES string of the molecule is Nc1cnn(CC(=O)Nc2ccccn2)c(=O)c1Br. The molecule has 1 amide bonds. The zero-order valence-corrected chi connectivity index (χ0v) is 11.3. The van der Waals surface area contributed by atoms with Gasteiger partial charge >= 0.3 is 0 Å². The van der Waals surface area contributed by atoms with Gasteiger partial charge in [0.2, 0.25) is 5.91 Å². The molecule has 0 bridgehead atoms. The molecule has 2 rings (SSSR count). The minimum atomic E-state index is -0.462. The Hall–Kier alpha value is -2.22. The number of carbonyl (C=O) groups excluding carboxylic acids is 1. The van der Waals surface area contributed by atoms with Crippen LogP contribution >= 0.6 is 15.9 Å². The first-order chi connectivity index (χ1) is 9.08. The molecular weight excluding hydrogens is 314 g/mol. The fraction of sp³-hybridized carbons (Fsp3) is 0.0909. The van der Waals surface area contributed by atoms with Crippen molar-refractivity contribution in [3.63, 3.8) is 0 Å². The number of pyridine rings is 1.